The number of carbonyl (C=O) groups excluding carboxylic acids is 1. The molecule has 2 N–H and O–H groups in total. The van der Waals surface area contributed by atoms with Gasteiger partial charge >= 0.3 is 12.0 Å². The number of benzene rings is 1. The van der Waals surface area contributed by atoms with Crippen LogP contribution >= 0.6 is 0 Å². The van der Waals surface area contributed by atoms with E-state index in [1.807, 2.05) is 55.5 Å². The SMILES string of the molecule is Cc1cccc(CNC(=O)Nc2nc(-c3ccccc3)no2)n1. The van der Waals surface area contributed by atoms with Crippen molar-refractivity contribution >= 4 is 12.0 Å². The fraction of sp³-hybridized carbons (Fsp3) is 0.125. The van der Waals surface area contributed by atoms with Crippen LogP contribution in [-0.2, 0) is 6.54 Å². The van der Waals surface area contributed by atoms with E-state index in [1.54, 1.807) is 0 Å². The molecule has 3 rings (SSSR count). The molecule has 3 aromatic rings. The second-order valence-corrected chi connectivity index (χ2v) is 4.87. The van der Waals surface area contributed by atoms with Crippen molar-refractivity contribution in [3.8, 4) is 11.4 Å². The average molecular weight is 309 g/mol. The first kappa shape index (κ1) is 14.7. The van der Waals surface area contributed by atoms with Crippen molar-refractivity contribution in [1.82, 2.24) is 20.4 Å². The summed E-state index contributed by atoms with van der Waals surface area (Å²) in [5.74, 6) is 0.418. The molecule has 23 heavy (non-hydrogen) atoms. The van der Waals surface area contributed by atoms with Crippen LogP contribution in [0.1, 0.15) is 11.4 Å². The fourth-order valence-corrected chi connectivity index (χ4v) is 1.99. The minimum absolute atomic E-state index is 0.0403. The molecule has 2 aromatic heterocycles. The predicted octanol–water partition coefficient (Wildman–Crippen LogP) is 2.76. The number of pyridine rings is 1. The Bertz CT molecular complexity index is 801. The molecule has 0 aliphatic carbocycles. The quantitative estimate of drug-likeness (QED) is 0.773. The summed E-state index contributed by atoms with van der Waals surface area (Å²) in [6.07, 6.45) is 0. The van der Waals surface area contributed by atoms with E-state index in [4.69, 9.17) is 4.52 Å². The molecule has 116 valence electrons. The summed E-state index contributed by atoms with van der Waals surface area (Å²) in [5.41, 5.74) is 2.48. The summed E-state index contributed by atoms with van der Waals surface area (Å²) in [5, 5.41) is 9.01. The van der Waals surface area contributed by atoms with Gasteiger partial charge in [-0.15, -0.1) is 0 Å². The summed E-state index contributed by atoms with van der Waals surface area (Å²) in [4.78, 5) is 20.3. The number of nitrogens with zero attached hydrogens (tertiary/aromatic N) is 3. The van der Waals surface area contributed by atoms with Crippen LogP contribution in [0.2, 0.25) is 0 Å². The summed E-state index contributed by atoms with van der Waals surface area (Å²) < 4.78 is 5.01. The summed E-state index contributed by atoms with van der Waals surface area (Å²) >= 11 is 0. The maximum absolute atomic E-state index is 11.8. The maximum atomic E-state index is 11.8. The Labute approximate surface area is 132 Å². The molecule has 0 bridgehead atoms. The first-order chi connectivity index (χ1) is 11.2. The normalized spacial score (nSPS) is 10.3. The van der Waals surface area contributed by atoms with Crippen LogP contribution in [0.15, 0.2) is 53.1 Å². The molecule has 0 spiro atoms. The zero-order chi connectivity index (χ0) is 16.1. The Balaban J connectivity index is 1.57. The van der Waals surface area contributed by atoms with Gasteiger partial charge in [0.15, 0.2) is 0 Å². The largest absolute Gasteiger partial charge is 0.332 e. The zero-order valence-corrected chi connectivity index (χ0v) is 12.5. The highest BCUT2D eigenvalue weighted by molar-refractivity contribution is 5.87. The molecule has 2 amide bonds. The van der Waals surface area contributed by atoms with Crippen LogP contribution in [0.5, 0.6) is 0 Å². The monoisotopic (exact) mass is 309 g/mol. The highest BCUT2D eigenvalue weighted by Crippen LogP contribution is 2.16. The molecule has 0 aliphatic heterocycles. The third-order valence-electron chi connectivity index (χ3n) is 3.05. The van der Waals surface area contributed by atoms with Crippen molar-refractivity contribution in [1.29, 1.82) is 0 Å². The van der Waals surface area contributed by atoms with Crippen LogP contribution in [0.4, 0.5) is 10.8 Å². The van der Waals surface area contributed by atoms with E-state index in [1.165, 1.54) is 0 Å². The van der Waals surface area contributed by atoms with Crippen LogP contribution in [0.3, 0.4) is 0 Å². The third kappa shape index (κ3) is 3.91. The van der Waals surface area contributed by atoms with E-state index in [2.05, 4.69) is 25.8 Å². The first-order valence-electron chi connectivity index (χ1n) is 7.07. The third-order valence-corrected chi connectivity index (χ3v) is 3.05. The van der Waals surface area contributed by atoms with E-state index in [9.17, 15) is 4.79 Å². The van der Waals surface area contributed by atoms with Gasteiger partial charge in [0.2, 0.25) is 5.82 Å². The molecule has 0 aliphatic rings. The van der Waals surface area contributed by atoms with Crippen molar-refractivity contribution in [2.45, 2.75) is 13.5 Å². The van der Waals surface area contributed by atoms with Crippen molar-refractivity contribution in [2.75, 3.05) is 5.32 Å². The summed E-state index contributed by atoms with van der Waals surface area (Å²) in [7, 11) is 0. The Morgan fingerprint density at radius 2 is 1.91 bits per heavy atom. The number of aromatic nitrogens is 3. The Morgan fingerprint density at radius 1 is 1.09 bits per heavy atom. The molecular formula is C16H15N5O2. The van der Waals surface area contributed by atoms with Gasteiger partial charge in [0.1, 0.15) is 0 Å². The number of nitrogens with one attached hydrogen (secondary N) is 2. The van der Waals surface area contributed by atoms with Crippen molar-refractivity contribution in [3.63, 3.8) is 0 Å². The van der Waals surface area contributed by atoms with Gasteiger partial charge in [-0.3, -0.25) is 10.3 Å². The maximum Gasteiger partial charge on any atom is 0.329 e. The second-order valence-electron chi connectivity index (χ2n) is 4.87. The van der Waals surface area contributed by atoms with E-state index in [0.717, 1.165) is 17.0 Å². The van der Waals surface area contributed by atoms with Gasteiger partial charge in [-0.1, -0.05) is 41.6 Å². The lowest BCUT2D eigenvalue weighted by atomic mass is 10.2. The molecule has 1 aromatic carbocycles. The van der Waals surface area contributed by atoms with Crippen molar-refractivity contribution in [2.24, 2.45) is 0 Å². The molecule has 0 atom stereocenters. The highest BCUT2D eigenvalue weighted by atomic mass is 16.5. The first-order valence-corrected chi connectivity index (χ1v) is 7.07. The molecule has 7 heteroatoms. The van der Waals surface area contributed by atoms with Crippen LogP contribution in [0, 0.1) is 6.92 Å². The zero-order valence-electron chi connectivity index (χ0n) is 12.5. The number of carbonyl (C=O) groups is 1. The Morgan fingerprint density at radius 3 is 2.70 bits per heavy atom. The lowest BCUT2D eigenvalue weighted by Crippen LogP contribution is -2.28. The van der Waals surface area contributed by atoms with E-state index < -0.39 is 6.03 Å². The van der Waals surface area contributed by atoms with Gasteiger partial charge < -0.3 is 9.84 Å². The van der Waals surface area contributed by atoms with Gasteiger partial charge in [0.25, 0.3) is 0 Å². The topological polar surface area (TPSA) is 92.9 Å². The molecule has 0 unspecified atom stereocenters. The summed E-state index contributed by atoms with van der Waals surface area (Å²) in [6, 6.07) is 14.6. The van der Waals surface area contributed by atoms with Gasteiger partial charge in [-0.25, -0.2) is 4.79 Å². The van der Waals surface area contributed by atoms with E-state index in [0.29, 0.717) is 12.4 Å². The van der Waals surface area contributed by atoms with Gasteiger partial charge in [-0.05, 0) is 19.1 Å². The molecule has 2 heterocycles. The number of rotatable bonds is 4. The fourth-order valence-electron chi connectivity index (χ4n) is 1.99. The van der Waals surface area contributed by atoms with Crippen molar-refractivity contribution in [3.05, 3.63) is 59.9 Å². The number of hydrogen-bond donors (Lipinski definition) is 2. The molecular weight excluding hydrogens is 294 g/mol. The minimum Gasteiger partial charge on any atom is -0.332 e. The summed E-state index contributed by atoms with van der Waals surface area (Å²) in [6.45, 7) is 2.21. The molecule has 0 saturated heterocycles. The lowest BCUT2D eigenvalue weighted by Gasteiger charge is -2.04. The van der Waals surface area contributed by atoms with Crippen LogP contribution in [0.25, 0.3) is 11.4 Å². The Kier molecular flexibility index (Phi) is 4.28. The van der Waals surface area contributed by atoms with Crippen LogP contribution in [-0.4, -0.2) is 21.2 Å². The molecule has 0 radical (unpaired) electrons. The molecule has 7 nitrogen and oxygen atoms in total. The molecule has 0 saturated carbocycles. The standard InChI is InChI=1S/C16H15N5O2/c1-11-6-5-9-13(18-11)10-17-15(22)20-16-19-14(21-23-16)12-7-3-2-4-8-12/h2-9H,10H2,1H3,(H2,17,19,20,21,22). The average Bonchev–Trinajstić information content (AvgIpc) is 3.02. The number of hydrogen-bond acceptors (Lipinski definition) is 5. The number of amides is 2. The predicted molar refractivity (Wildman–Crippen MR) is 84.6 cm³/mol. The van der Waals surface area contributed by atoms with E-state index >= 15 is 0 Å². The number of urea groups is 1. The molecule has 0 fully saturated rings. The number of anilines is 1. The minimum atomic E-state index is -0.434. The second kappa shape index (κ2) is 6.69. The van der Waals surface area contributed by atoms with Crippen molar-refractivity contribution < 1.29 is 9.32 Å². The van der Waals surface area contributed by atoms with E-state index in [-0.39, 0.29) is 6.01 Å². The van der Waals surface area contributed by atoms with Crippen LogP contribution < -0.4 is 10.6 Å². The van der Waals surface area contributed by atoms with Gasteiger partial charge in [0, 0.05) is 11.3 Å². The number of aryl methyl sites for hydroxylation is 1. The lowest BCUT2D eigenvalue weighted by molar-refractivity contribution is 0.250. The van der Waals surface area contributed by atoms with Gasteiger partial charge in [-0.2, -0.15) is 4.98 Å². The van der Waals surface area contributed by atoms with Gasteiger partial charge in [0.05, 0.1) is 12.2 Å². The highest BCUT2D eigenvalue weighted by Gasteiger charge is 2.11. The Hall–Kier alpha value is -3.22. The smallest absolute Gasteiger partial charge is 0.329 e.